The Morgan fingerprint density at radius 3 is 2.69 bits per heavy atom. The molecule has 0 spiro atoms. The fourth-order valence-electron chi connectivity index (χ4n) is 4.82. The molecule has 1 unspecified atom stereocenters. The predicted molar refractivity (Wildman–Crippen MR) is 109 cm³/mol. The first-order chi connectivity index (χ1) is 14.2. The highest BCUT2D eigenvalue weighted by Gasteiger charge is 2.34. The van der Waals surface area contributed by atoms with E-state index in [0.717, 1.165) is 61.2 Å². The van der Waals surface area contributed by atoms with Crippen LogP contribution in [0.5, 0.6) is 5.75 Å². The van der Waals surface area contributed by atoms with E-state index in [1.54, 1.807) is 7.11 Å². The van der Waals surface area contributed by atoms with Crippen LogP contribution in [0.1, 0.15) is 62.0 Å². The minimum absolute atomic E-state index is 0.0828. The summed E-state index contributed by atoms with van der Waals surface area (Å²) in [5.41, 5.74) is 1.41. The number of nitrogens with zero attached hydrogens (tertiary/aromatic N) is 5. The van der Waals surface area contributed by atoms with E-state index in [4.69, 9.17) is 4.74 Å². The molecule has 2 aromatic heterocycles. The van der Waals surface area contributed by atoms with E-state index in [1.165, 1.54) is 12.8 Å². The molecule has 0 amide bonds. The number of H-pyrrole nitrogens is 1. The van der Waals surface area contributed by atoms with E-state index < -0.39 is 0 Å². The molecule has 1 atom stereocenters. The van der Waals surface area contributed by atoms with E-state index in [2.05, 4.69) is 25.4 Å². The molecule has 0 radical (unpaired) electrons. The van der Waals surface area contributed by atoms with Crippen LogP contribution in [0.3, 0.4) is 0 Å². The average Bonchev–Trinajstić information content (AvgIpc) is 3.50. The highest BCUT2D eigenvalue weighted by molar-refractivity contribution is 5.80. The molecule has 8 heteroatoms. The molecule has 1 aromatic carbocycles. The summed E-state index contributed by atoms with van der Waals surface area (Å²) in [6, 6.07) is 7.75. The second kappa shape index (κ2) is 7.59. The minimum Gasteiger partial charge on any atom is -0.497 e. The van der Waals surface area contributed by atoms with Gasteiger partial charge in [-0.3, -0.25) is 9.69 Å². The first-order valence-electron chi connectivity index (χ1n) is 10.5. The van der Waals surface area contributed by atoms with Crippen LogP contribution < -0.4 is 10.3 Å². The van der Waals surface area contributed by atoms with E-state index in [9.17, 15) is 4.79 Å². The van der Waals surface area contributed by atoms with Gasteiger partial charge in [0.1, 0.15) is 11.8 Å². The van der Waals surface area contributed by atoms with Crippen molar-refractivity contribution in [2.45, 2.75) is 50.6 Å². The zero-order valence-corrected chi connectivity index (χ0v) is 16.7. The molecule has 0 bridgehead atoms. The van der Waals surface area contributed by atoms with Crippen LogP contribution in [0.4, 0.5) is 0 Å². The van der Waals surface area contributed by atoms with Crippen LogP contribution in [0.2, 0.25) is 0 Å². The fourth-order valence-corrected chi connectivity index (χ4v) is 4.82. The lowest BCUT2D eigenvalue weighted by atomic mass is 10.0. The Morgan fingerprint density at radius 1 is 1.14 bits per heavy atom. The van der Waals surface area contributed by atoms with Crippen molar-refractivity contribution < 1.29 is 4.74 Å². The molecule has 3 heterocycles. The predicted octanol–water partition coefficient (Wildman–Crippen LogP) is 2.82. The summed E-state index contributed by atoms with van der Waals surface area (Å²) in [4.78, 5) is 18.5. The van der Waals surface area contributed by atoms with Gasteiger partial charge in [0.2, 0.25) is 0 Å². The molecule has 1 saturated carbocycles. The highest BCUT2D eigenvalue weighted by atomic mass is 16.5. The number of benzene rings is 1. The van der Waals surface area contributed by atoms with Crippen LogP contribution in [0.25, 0.3) is 10.9 Å². The van der Waals surface area contributed by atoms with Crippen LogP contribution in [-0.2, 0) is 0 Å². The third-order valence-electron chi connectivity index (χ3n) is 6.31. The molecule has 8 nitrogen and oxygen atoms in total. The Morgan fingerprint density at radius 2 is 1.93 bits per heavy atom. The summed E-state index contributed by atoms with van der Waals surface area (Å²) in [5, 5.41) is 13.7. The first kappa shape index (κ1) is 18.3. The third kappa shape index (κ3) is 3.31. The van der Waals surface area contributed by atoms with E-state index in [0.29, 0.717) is 11.6 Å². The van der Waals surface area contributed by atoms with Gasteiger partial charge < -0.3 is 9.72 Å². The van der Waals surface area contributed by atoms with Gasteiger partial charge in [-0.25, -0.2) is 4.68 Å². The van der Waals surface area contributed by atoms with Gasteiger partial charge in [-0.1, -0.05) is 12.8 Å². The lowest BCUT2D eigenvalue weighted by molar-refractivity contribution is 0.256. The Hall–Kier alpha value is -2.74. The standard InChI is InChI=1S/C21H26N6O2/c1-29-16-8-9-18-14(12-16)13-17(21(28)22-18)19(26-10-4-5-11-26)20-23-24-25-27(20)15-6-2-3-7-15/h8-9,12-13,15,19H,2-7,10-11H2,1H3,(H,22,28). The van der Waals surface area contributed by atoms with Crippen molar-refractivity contribution in [3.63, 3.8) is 0 Å². The van der Waals surface area contributed by atoms with Crippen LogP contribution >= 0.6 is 0 Å². The highest BCUT2D eigenvalue weighted by Crippen LogP contribution is 2.35. The van der Waals surface area contributed by atoms with Gasteiger partial charge in [0.15, 0.2) is 5.82 Å². The largest absolute Gasteiger partial charge is 0.497 e. The van der Waals surface area contributed by atoms with Gasteiger partial charge in [-0.05, 0) is 73.5 Å². The number of aromatic amines is 1. The number of aromatic nitrogens is 5. The molecule has 152 valence electrons. The monoisotopic (exact) mass is 394 g/mol. The van der Waals surface area contributed by atoms with Crippen molar-refractivity contribution in [2.24, 2.45) is 0 Å². The van der Waals surface area contributed by atoms with Crippen molar-refractivity contribution in [1.29, 1.82) is 0 Å². The number of rotatable bonds is 5. The van der Waals surface area contributed by atoms with Crippen LogP contribution in [0.15, 0.2) is 29.1 Å². The van der Waals surface area contributed by atoms with Crippen molar-refractivity contribution in [3.05, 3.63) is 46.0 Å². The van der Waals surface area contributed by atoms with E-state index in [1.807, 2.05) is 28.9 Å². The minimum atomic E-state index is -0.243. The van der Waals surface area contributed by atoms with Gasteiger partial charge >= 0.3 is 0 Å². The number of hydrogen-bond donors (Lipinski definition) is 1. The number of tetrazole rings is 1. The molecule has 2 fully saturated rings. The zero-order valence-electron chi connectivity index (χ0n) is 16.7. The normalized spacial score (nSPS) is 19.2. The maximum absolute atomic E-state index is 13.1. The average molecular weight is 394 g/mol. The number of methoxy groups -OCH3 is 1. The summed E-state index contributed by atoms with van der Waals surface area (Å²) in [5.74, 6) is 1.55. The van der Waals surface area contributed by atoms with Gasteiger partial charge in [0.05, 0.1) is 13.2 Å². The number of fused-ring (bicyclic) bond motifs is 1. The van der Waals surface area contributed by atoms with Crippen LogP contribution in [0, 0.1) is 0 Å². The fraction of sp³-hybridized carbons (Fsp3) is 0.524. The van der Waals surface area contributed by atoms with Crippen molar-refractivity contribution in [3.8, 4) is 5.75 Å². The summed E-state index contributed by atoms with van der Waals surface area (Å²) in [6.07, 6.45) is 6.84. The van der Waals surface area contributed by atoms with E-state index in [-0.39, 0.29) is 11.6 Å². The number of ether oxygens (including phenoxy) is 1. The van der Waals surface area contributed by atoms with Crippen molar-refractivity contribution in [1.82, 2.24) is 30.1 Å². The smallest absolute Gasteiger partial charge is 0.253 e. The van der Waals surface area contributed by atoms with Gasteiger partial charge in [0.25, 0.3) is 5.56 Å². The Bertz CT molecular complexity index is 1060. The zero-order chi connectivity index (χ0) is 19.8. The maximum atomic E-state index is 13.1. The lowest BCUT2D eigenvalue weighted by Crippen LogP contribution is -2.33. The lowest BCUT2D eigenvalue weighted by Gasteiger charge is -2.27. The Labute approximate surface area is 168 Å². The summed E-state index contributed by atoms with van der Waals surface area (Å²) < 4.78 is 7.35. The third-order valence-corrected chi connectivity index (χ3v) is 6.31. The second-order valence-corrected chi connectivity index (χ2v) is 8.07. The molecule has 2 aliphatic rings. The molecule has 5 rings (SSSR count). The number of hydrogen-bond acceptors (Lipinski definition) is 6. The van der Waals surface area contributed by atoms with Gasteiger partial charge in [-0.15, -0.1) is 5.10 Å². The summed E-state index contributed by atoms with van der Waals surface area (Å²) in [6.45, 7) is 1.88. The number of pyridine rings is 1. The van der Waals surface area contributed by atoms with Gasteiger partial charge in [0, 0.05) is 16.5 Å². The SMILES string of the molecule is COc1ccc2[nH]c(=O)c(C(c3nnnn3C3CCCC3)N3CCCC3)cc2c1. The molecular formula is C21H26N6O2. The molecule has 3 aromatic rings. The van der Waals surface area contributed by atoms with Crippen LogP contribution in [-0.4, -0.2) is 50.3 Å². The van der Waals surface area contributed by atoms with E-state index >= 15 is 0 Å². The van der Waals surface area contributed by atoms with Crippen molar-refractivity contribution >= 4 is 10.9 Å². The second-order valence-electron chi connectivity index (χ2n) is 8.07. The topological polar surface area (TPSA) is 88.9 Å². The molecule has 1 aliphatic carbocycles. The van der Waals surface area contributed by atoms with Crippen molar-refractivity contribution in [2.75, 3.05) is 20.2 Å². The number of nitrogens with one attached hydrogen (secondary N) is 1. The first-order valence-corrected chi connectivity index (χ1v) is 10.5. The molecule has 1 aliphatic heterocycles. The molecule has 1 N–H and O–H groups in total. The molecular weight excluding hydrogens is 368 g/mol. The maximum Gasteiger partial charge on any atom is 0.253 e. The molecule has 29 heavy (non-hydrogen) atoms. The number of likely N-dealkylation sites (tertiary alicyclic amines) is 1. The summed E-state index contributed by atoms with van der Waals surface area (Å²) >= 11 is 0. The molecule has 1 saturated heterocycles. The summed E-state index contributed by atoms with van der Waals surface area (Å²) in [7, 11) is 1.65. The Kier molecular flexibility index (Phi) is 4.79. The Balaban J connectivity index is 1.65. The van der Waals surface area contributed by atoms with Gasteiger partial charge in [-0.2, -0.15) is 0 Å². The quantitative estimate of drug-likeness (QED) is 0.716.